The molecule has 4 heteroatoms. The predicted octanol–water partition coefficient (Wildman–Crippen LogP) is 2.86. The summed E-state index contributed by atoms with van der Waals surface area (Å²) in [6.07, 6.45) is 1.45. The maximum Gasteiger partial charge on any atom is 0.164 e. The lowest BCUT2D eigenvalue weighted by Gasteiger charge is -2.18. The van der Waals surface area contributed by atoms with E-state index in [1.807, 2.05) is 24.3 Å². The van der Waals surface area contributed by atoms with Crippen molar-refractivity contribution in [1.29, 1.82) is 0 Å². The molecule has 0 radical (unpaired) electrons. The van der Waals surface area contributed by atoms with Gasteiger partial charge in [-0.1, -0.05) is 30.3 Å². The van der Waals surface area contributed by atoms with E-state index in [1.165, 1.54) is 5.56 Å². The van der Waals surface area contributed by atoms with Crippen LogP contribution in [0.25, 0.3) is 0 Å². The minimum Gasteiger partial charge on any atom is -0.486 e. The molecule has 0 bridgehead atoms. The maximum atomic E-state index is 12.2. The number of nitrogens with one attached hydrogen (secondary N) is 1. The van der Waals surface area contributed by atoms with Crippen molar-refractivity contribution in [3.05, 3.63) is 59.7 Å². The number of carbonyl (C=O) groups excluding carboxylic acids is 1. The molecule has 120 valence electrons. The van der Waals surface area contributed by atoms with Gasteiger partial charge in [-0.15, -0.1) is 0 Å². The van der Waals surface area contributed by atoms with Crippen LogP contribution in [-0.2, 0) is 6.42 Å². The van der Waals surface area contributed by atoms with E-state index in [-0.39, 0.29) is 5.78 Å². The van der Waals surface area contributed by atoms with Gasteiger partial charge < -0.3 is 14.8 Å². The molecule has 2 aromatic rings. The van der Waals surface area contributed by atoms with Crippen molar-refractivity contribution in [1.82, 2.24) is 5.32 Å². The number of benzene rings is 2. The lowest BCUT2D eigenvalue weighted by Crippen LogP contribution is -2.21. The van der Waals surface area contributed by atoms with Crippen LogP contribution in [0.15, 0.2) is 48.5 Å². The number of rotatable bonds is 7. The average Bonchev–Trinajstić information content (AvgIpc) is 2.61. The summed E-state index contributed by atoms with van der Waals surface area (Å²) < 4.78 is 11.0. The SMILES string of the molecule is O=C(CCNCCc1ccccc1)c1ccc2c(c1)OCCO2. The number of Topliss-reactive ketones (excluding diaryl/α,β-unsaturated/α-hetero) is 1. The summed E-state index contributed by atoms with van der Waals surface area (Å²) in [7, 11) is 0. The van der Waals surface area contributed by atoms with Crippen LogP contribution >= 0.6 is 0 Å². The molecule has 0 fully saturated rings. The summed E-state index contributed by atoms with van der Waals surface area (Å²) in [5.41, 5.74) is 1.98. The molecule has 1 N–H and O–H groups in total. The maximum absolute atomic E-state index is 12.2. The Balaban J connectivity index is 1.42. The Morgan fingerprint density at radius 3 is 2.57 bits per heavy atom. The van der Waals surface area contributed by atoms with Gasteiger partial charge in [0.1, 0.15) is 13.2 Å². The van der Waals surface area contributed by atoms with Crippen molar-refractivity contribution >= 4 is 5.78 Å². The van der Waals surface area contributed by atoms with Crippen molar-refractivity contribution in [3.8, 4) is 11.5 Å². The summed E-state index contributed by atoms with van der Waals surface area (Å²) in [6, 6.07) is 15.7. The van der Waals surface area contributed by atoms with Crippen molar-refractivity contribution in [3.63, 3.8) is 0 Å². The Hall–Kier alpha value is -2.33. The molecule has 0 aromatic heterocycles. The Morgan fingerprint density at radius 2 is 1.74 bits per heavy atom. The highest BCUT2D eigenvalue weighted by Gasteiger charge is 2.14. The topological polar surface area (TPSA) is 47.6 Å². The number of fused-ring (bicyclic) bond motifs is 1. The zero-order valence-electron chi connectivity index (χ0n) is 13.1. The lowest BCUT2D eigenvalue weighted by molar-refractivity contribution is 0.0981. The summed E-state index contributed by atoms with van der Waals surface area (Å²) in [6.45, 7) is 2.65. The Kier molecular flexibility index (Phi) is 5.27. The first-order valence-electron chi connectivity index (χ1n) is 8.00. The molecule has 3 rings (SSSR count). The van der Waals surface area contributed by atoms with Crippen molar-refractivity contribution in [2.45, 2.75) is 12.8 Å². The van der Waals surface area contributed by atoms with Crippen molar-refractivity contribution < 1.29 is 14.3 Å². The predicted molar refractivity (Wildman–Crippen MR) is 89.4 cm³/mol. The van der Waals surface area contributed by atoms with Crippen LogP contribution in [0, 0.1) is 0 Å². The highest BCUT2D eigenvalue weighted by atomic mass is 16.6. The van der Waals surface area contributed by atoms with Gasteiger partial charge in [0.2, 0.25) is 0 Å². The van der Waals surface area contributed by atoms with Crippen LogP contribution in [0.1, 0.15) is 22.3 Å². The fraction of sp³-hybridized carbons (Fsp3) is 0.316. The third-order valence-electron chi connectivity index (χ3n) is 3.83. The van der Waals surface area contributed by atoms with Crippen LogP contribution in [0.5, 0.6) is 11.5 Å². The molecule has 0 saturated heterocycles. The van der Waals surface area contributed by atoms with Gasteiger partial charge in [-0.2, -0.15) is 0 Å². The number of carbonyl (C=O) groups is 1. The van der Waals surface area contributed by atoms with E-state index in [0.29, 0.717) is 43.2 Å². The number of ketones is 1. The molecular weight excluding hydrogens is 290 g/mol. The van der Waals surface area contributed by atoms with Gasteiger partial charge >= 0.3 is 0 Å². The molecular formula is C19H21NO3. The standard InChI is InChI=1S/C19H21NO3/c21-17(9-11-20-10-8-15-4-2-1-3-5-15)16-6-7-18-19(14-16)23-13-12-22-18/h1-7,14,20H,8-13H2. The second-order valence-corrected chi connectivity index (χ2v) is 5.52. The second kappa shape index (κ2) is 7.79. The molecule has 2 aromatic carbocycles. The minimum absolute atomic E-state index is 0.120. The minimum atomic E-state index is 0.120. The van der Waals surface area contributed by atoms with Gasteiger partial charge in [-0.25, -0.2) is 0 Å². The Bertz CT molecular complexity index is 655. The van der Waals surface area contributed by atoms with E-state index in [4.69, 9.17) is 9.47 Å². The summed E-state index contributed by atoms with van der Waals surface area (Å²) in [5, 5.41) is 3.32. The lowest BCUT2D eigenvalue weighted by atomic mass is 10.1. The van der Waals surface area contributed by atoms with E-state index in [2.05, 4.69) is 17.4 Å². The van der Waals surface area contributed by atoms with E-state index in [9.17, 15) is 4.79 Å². The third-order valence-corrected chi connectivity index (χ3v) is 3.83. The summed E-state index contributed by atoms with van der Waals surface area (Å²) >= 11 is 0. The van der Waals surface area contributed by atoms with Crippen LogP contribution < -0.4 is 14.8 Å². The highest BCUT2D eigenvalue weighted by molar-refractivity contribution is 5.96. The first kappa shape index (κ1) is 15.6. The molecule has 23 heavy (non-hydrogen) atoms. The first-order valence-corrected chi connectivity index (χ1v) is 8.00. The normalized spacial score (nSPS) is 12.9. The van der Waals surface area contributed by atoms with E-state index < -0.39 is 0 Å². The molecule has 0 amide bonds. The fourth-order valence-electron chi connectivity index (χ4n) is 2.57. The zero-order chi connectivity index (χ0) is 15.9. The monoisotopic (exact) mass is 311 g/mol. The van der Waals surface area contributed by atoms with Gasteiger partial charge in [0.05, 0.1) is 0 Å². The third kappa shape index (κ3) is 4.33. The van der Waals surface area contributed by atoms with Gasteiger partial charge in [0, 0.05) is 18.5 Å². The Labute approximate surface area is 136 Å². The average molecular weight is 311 g/mol. The number of hydrogen-bond acceptors (Lipinski definition) is 4. The molecule has 0 saturated carbocycles. The fourth-order valence-corrected chi connectivity index (χ4v) is 2.57. The number of ether oxygens (including phenoxy) is 2. The van der Waals surface area contributed by atoms with Crippen LogP contribution in [0.2, 0.25) is 0 Å². The Morgan fingerprint density at radius 1 is 0.957 bits per heavy atom. The molecule has 1 heterocycles. The molecule has 0 spiro atoms. The van der Waals surface area contributed by atoms with Gasteiger partial charge in [-0.05, 0) is 36.7 Å². The van der Waals surface area contributed by atoms with Gasteiger partial charge in [-0.3, -0.25) is 4.79 Å². The van der Waals surface area contributed by atoms with E-state index >= 15 is 0 Å². The van der Waals surface area contributed by atoms with Crippen molar-refractivity contribution in [2.24, 2.45) is 0 Å². The zero-order valence-corrected chi connectivity index (χ0v) is 13.1. The van der Waals surface area contributed by atoms with E-state index in [1.54, 1.807) is 12.1 Å². The first-order chi connectivity index (χ1) is 11.3. The molecule has 0 atom stereocenters. The highest BCUT2D eigenvalue weighted by Crippen LogP contribution is 2.30. The summed E-state index contributed by atoms with van der Waals surface area (Å²) in [5.74, 6) is 1.50. The summed E-state index contributed by atoms with van der Waals surface area (Å²) in [4.78, 5) is 12.2. The number of hydrogen-bond donors (Lipinski definition) is 1. The molecule has 1 aliphatic rings. The molecule has 0 unspecified atom stereocenters. The molecule has 4 nitrogen and oxygen atoms in total. The van der Waals surface area contributed by atoms with Crippen molar-refractivity contribution in [2.75, 3.05) is 26.3 Å². The van der Waals surface area contributed by atoms with Crippen LogP contribution in [-0.4, -0.2) is 32.1 Å². The van der Waals surface area contributed by atoms with Gasteiger partial charge in [0.25, 0.3) is 0 Å². The van der Waals surface area contributed by atoms with E-state index in [0.717, 1.165) is 13.0 Å². The smallest absolute Gasteiger partial charge is 0.164 e. The molecule has 1 aliphatic heterocycles. The van der Waals surface area contributed by atoms with Gasteiger partial charge in [0.15, 0.2) is 17.3 Å². The quantitative estimate of drug-likeness (QED) is 0.631. The second-order valence-electron chi connectivity index (χ2n) is 5.52. The largest absolute Gasteiger partial charge is 0.486 e. The molecule has 0 aliphatic carbocycles. The van der Waals surface area contributed by atoms with Crippen LogP contribution in [0.3, 0.4) is 0 Å². The van der Waals surface area contributed by atoms with Crippen LogP contribution in [0.4, 0.5) is 0 Å².